The number of rotatable bonds is 4. The Morgan fingerprint density at radius 1 is 0.950 bits per heavy atom. The van der Waals surface area contributed by atoms with Gasteiger partial charge in [0.05, 0.1) is 0 Å². The number of aliphatic hydroxyl groups is 1. The molecule has 0 radical (unpaired) electrons. The molecule has 0 bridgehead atoms. The SMILES string of the molecule is CN(C)NC(=O)C(O)(c1ccccc1)c1ccccc1. The van der Waals surface area contributed by atoms with Crippen LogP contribution in [0.5, 0.6) is 0 Å². The molecule has 0 atom stereocenters. The molecule has 2 aromatic carbocycles. The summed E-state index contributed by atoms with van der Waals surface area (Å²) < 4.78 is 0. The van der Waals surface area contributed by atoms with Crippen LogP contribution in [0.3, 0.4) is 0 Å². The molecule has 0 aliphatic heterocycles. The maximum atomic E-state index is 12.5. The number of nitrogens with zero attached hydrogens (tertiary/aromatic N) is 1. The van der Waals surface area contributed by atoms with Crippen molar-refractivity contribution in [2.24, 2.45) is 0 Å². The van der Waals surface area contributed by atoms with Crippen LogP contribution in [0.25, 0.3) is 0 Å². The van der Waals surface area contributed by atoms with Gasteiger partial charge in [-0.15, -0.1) is 0 Å². The summed E-state index contributed by atoms with van der Waals surface area (Å²) >= 11 is 0. The number of nitrogens with one attached hydrogen (secondary N) is 1. The summed E-state index contributed by atoms with van der Waals surface area (Å²) in [5.41, 5.74) is 1.98. The van der Waals surface area contributed by atoms with Gasteiger partial charge in [-0.2, -0.15) is 0 Å². The fourth-order valence-electron chi connectivity index (χ4n) is 2.07. The predicted molar refractivity (Wildman–Crippen MR) is 77.7 cm³/mol. The minimum atomic E-state index is -1.72. The Morgan fingerprint density at radius 3 is 1.70 bits per heavy atom. The quantitative estimate of drug-likeness (QED) is 0.828. The average Bonchev–Trinajstić information content (AvgIpc) is 2.47. The van der Waals surface area contributed by atoms with Crippen molar-refractivity contribution in [1.82, 2.24) is 10.4 Å². The monoisotopic (exact) mass is 270 g/mol. The molecule has 2 rings (SSSR count). The Hall–Kier alpha value is -2.17. The van der Waals surface area contributed by atoms with Crippen molar-refractivity contribution in [3.63, 3.8) is 0 Å². The van der Waals surface area contributed by atoms with E-state index in [0.29, 0.717) is 11.1 Å². The van der Waals surface area contributed by atoms with Crippen LogP contribution < -0.4 is 5.43 Å². The molecular weight excluding hydrogens is 252 g/mol. The summed E-state index contributed by atoms with van der Waals surface area (Å²) in [5, 5.41) is 12.5. The van der Waals surface area contributed by atoms with Crippen LogP contribution in [-0.2, 0) is 10.4 Å². The molecule has 0 unspecified atom stereocenters. The summed E-state index contributed by atoms with van der Waals surface area (Å²) in [4.78, 5) is 12.5. The summed E-state index contributed by atoms with van der Waals surface area (Å²) in [5.74, 6) is -0.486. The molecule has 0 aliphatic rings. The zero-order valence-electron chi connectivity index (χ0n) is 11.6. The van der Waals surface area contributed by atoms with Crippen molar-refractivity contribution in [1.29, 1.82) is 0 Å². The first kappa shape index (κ1) is 14.2. The second-order valence-corrected chi connectivity index (χ2v) is 4.78. The third kappa shape index (κ3) is 2.71. The third-order valence-electron chi connectivity index (χ3n) is 3.04. The van der Waals surface area contributed by atoms with Gasteiger partial charge in [0.2, 0.25) is 0 Å². The van der Waals surface area contributed by atoms with Gasteiger partial charge in [-0.3, -0.25) is 10.2 Å². The van der Waals surface area contributed by atoms with Gasteiger partial charge in [-0.25, -0.2) is 5.01 Å². The van der Waals surface area contributed by atoms with E-state index in [9.17, 15) is 9.90 Å². The van der Waals surface area contributed by atoms with Gasteiger partial charge < -0.3 is 5.11 Å². The van der Waals surface area contributed by atoms with Crippen LogP contribution in [0.4, 0.5) is 0 Å². The molecule has 0 saturated carbocycles. The van der Waals surface area contributed by atoms with Crippen molar-refractivity contribution in [2.75, 3.05) is 14.1 Å². The largest absolute Gasteiger partial charge is 0.372 e. The molecule has 0 aromatic heterocycles. The van der Waals surface area contributed by atoms with E-state index in [1.807, 2.05) is 12.1 Å². The number of hydrazine groups is 1. The number of amides is 1. The summed E-state index contributed by atoms with van der Waals surface area (Å²) in [6.45, 7) is 0. The highest BCUT2D eigenvalue weighted by atomic mass is 16.3. The lowest BCUT2D eigenvalue weighted by Crippen LogP contribution is -2.49. The molecule has 0 aliphatic carbocycles. The Morgan fingerprint density at radius 2 is 1.35 bits per heavy atom. The highest BCUT2D eigenvalue weighted by molar-refractivity contribution is 5.89. The molecule has 4 heteroatoms. The van der Waals surface area contributed by atoms with Crippen LogP contribution >= 0.6 is 0 Å². The molecular formula is C16H18N2O2. The second-order valence-electron chi connectivity index (χ2n) is 4.78. The maximum absolute atomic E-state index is 12.5. The number of carbonyl (C=O) groups is 1. The summed E-state index contributed by atoms with van der Waals surface area (Å²) in [7, 11) is 3.41. The van der Waals surface area contributed by atoms with Crippen molar-refractivity contribution in [3.05, 3.63) is 71.8 Å². The molecule has 2 N–H and O–H groups in total. The fourth-order valence-corrected chi connectivity index (χ4v) is 2.07. The van der Waals surface area contributed by atoms with Crippen LogP contribution in [-0.4, -0.2) is 30.1 Å². The first-order valence-electron chi connectivity index (χ1n) is 6.37. The van der Waals surface area contributed by atoms with E-state index in [0.717, 1.165) is 0 Å². The van der Waals surface area contributed by atoms with Crippen molar-refractivity contribution in [2.45, 2.75) is 5.60 Å². The van der Waals surface area contributed by atoms with E-state index in [2.05, 4.69) is 5.43 Å². The lowest BCUT2D eigenvalue weighted by Gasteiger charge is -2.29. The summed E-state index contributed by atoms with van der Waals surface area (Å²) in [6, 6.07) is 17.8. The van der Waals surface area contributed by atoms with E-state index < -0.39 is 11.5 Å². The lowest BCUT2D eigenvalue weighted by molar-refractivity contribution is -0.140. The predicted octanol–water partition coefficient (Wildman–Crippen LogP) is 1.52. The Balaban J connectivity index is 2.52. The Kier molecular flexibility index (Phi) is 4.17. The van der Waals surface area contributed by atoms with Crippen LogP contribution in [0.1, 0.15) is 11.1 Å². The molecule has 20 heavy (non-hydrogen) atoms. The van der Waals surface area contributed by atoms with Gasteiger partial charge in [-0.05, 0) is 11.1 Å². The van der Waals surface area contributed by atoms with Gasteiger partial charge in [0.15, 0.2) is 5.60 Å². The van der Waals surface area contributed by atoms with E-state index in [1.54, 1.807) is 62.6 Å². The minimum absolute atomic E-state index is 0.486. The molecule has 0 saturated heterocycles. The van der Waals surface area contributed by atoms with Crippen molar-refractivity contribution >= 4 is 5.91 Å². The van der Waals surface area contributed by atoms with Crippen molar-refractivity contribution in [3.8, 4) is 0 Å². The van der Waals surface area contributed by atoms with E-state index >= 15 is 0 Å². The van der Waals surface area contributed by atoms with Gasteiger partial charge >= 0.3 is 0 Å². The molecule has 0 fully saturated rings. The zero-order chi connectivity index (χ0) is 14.6. The highest BCUT2D eigenvalue weighted by Gasteiger charge is 2.40. The number of benzene rings is 2. The van der Waals surface area contributed by atoms with Crippen molar-refractivity contribution < 1.29 is 9.90 Å². The first-order chi connectivity index (χ1) is 9.55. The van der Waals surface area contributed by atoms with Gasteiger partial charge in [0, 0.05) is 14.1 Å². The molecule has 104 valence electrons. The van der Waals surface area contributed by atoms with Gasteiger partial charge in [-0.1, -0.05) is 60.7 Å². The molecule has 2 aromatic rings. The second kappa shape index (κ2) is 5.86. The van der Waals surface area contributed by atoms with Crippen LogP contribution in [0.15, 0.2) is 60.7 Å². The number of hydrogen-bond donors (Lipinski definition) is 2. The van der Waals surface area contributed by atoms with E-state index in [4.69, 9.17) is 0 Å². The Labute approximate surface area is 118 Å². The normalized spacial score (nSPS) is 11.4. The average molecular weight is 270 g/mol. The standard InChI is InChI=1S/C16H18N2O2/c1-18(2)17-15(19)16(20,13-9-5-3-6-10-13)14-11-7-4-8-12-14/h3-12,20H,1-2H3,(H,17,19). The summed E-state index contributed by atoms with van der Waals surface area (Å²) in [6.07, 6.45) is 0. The maximum Gasteiger partial charge on any atom is 0.275 e. The number of carbonyl (C=O) groups excluding carboxylic acids is 1. The molecule has 4 nitrogen and oxygen atoms in total. The fraction of sp³-hybridized carbons (Fsp3) is 0.188. The topological polar surface area (TPSA) is 52.6 Å². The first-order valence-corrected chi connectivity index (χ1v) is 6.37. The highest BCUT2D eigenvalue weighted by Crippen LogP contribution is 2.29. The van der Waals surface area contributed by atoms with E-state index in [1.165, 1.54) is 5.01 Å². The lowest BCUT2D eigenvalue weighted by atomic mass is 9.85. The zero-order valence-corrected chi connectivity index (χ0v) is 11.6. The molecule has 0 heterocycles. The third-order valence-corrected chi connectivity index (χ3v) is 3.04. The van der Waals surface area contributed by atoms with Crippen LogP contribution in [0, 0.1) is 0 Å². The smallest absolute Gasteiger partial charge is 0.275 e. The number of hydrogen-bond acceptors (Lipinski definition) is 3. The minimum Gasteiger partial charge on any atom is -0.372 e. The van der Waals surface area contributed by atoms with Gasteiger partial charge in [0.1, 0.15) is 0 Å². The van der Waals surface area contributed by atoms with Crippen LogP contribution in [0.2, 0.25) is 0 Å². The molecule has 1 amide bonds. The van der Waals surface area contributed by atoms with E-state index in [-0.39, 0.29) is 0 Å². The van der Waals surface area contributed by atoms with Gasteiger partial charge in [0.25, 0.3) is 5.91 Å². The Bertz CT molecular complexity index is 528. The molecule has 0 spiro atoms.